The lowest BCUT2D eigenvalue weighted by Gasteiger charge is -2.14. The van der Waals surface area contributed by atoms with E-state index < -0.39 is 16.7 Å². The van der Waals surface area contributed by atoms with Crippen molar-refractivity contribution in [1.29, 1.82) is 0 Å². The Hall–Kier alpha value is -3.39. The summed E-state index contributed by atoms with van der Waals surface area (Å²) in [7, 11) is 0. The molecule has 1 aliphatic rings. The fraction of sp³-hybridized carbons (Fsp3) is 0.111. The molecule has 1 aliphatic heterocycles. The normalized spacial score (nSPS) is 15.2. The maximum absolute atomic E-state index is 12.7. The summed E-state index contributed by atoms with van der Waals surface area (Å²) < 4.78 is 5.38. The van der Waals surface area contributed by atoms with Crippen LogP contribution in [0.4, 0.5) is 11.4 Å². The molecule has 0 unspecified atom stereocenters. The molecule has 138 valence electrons. The maximum Gasteiger partial charge on any atom is 0.313 e. The Morgan fingerprint density at radius 2 is 1.96 bits per heavy atom. The molecule has 1 heterocycles. The predicted molar refractivity (Wildman–Crippen MR) is 99.3 cm³/mol. The van der Waals surface area contributed by atoms with Crippen molar-refractivity contribution < 1.29 is 19.2 Å². The fourth-order valence-electron chi connectivity index (χ4n) is 2.62. The number of rotatable bonds is 5. The van der Waals surface area contributed by atoms with Gasteiger partial charge in [-0.05, 0) is 31.2 Å². The Morgan fingerprint density at radius 1 is 1.26 bits per heavy atom. The molecule has 3 rings (SSSR count). The first-order valence-electron chi connectivity index (χ1n) is 7.95. The van der Waals surface area contributed by atoms with Crippen molar-refractivity contribution in [2.24, 2.45) is 0 Å². The van der Waals surface area contributed by atoms with Crippen molar-refractivity contribution in [3.05, 3.63) is 68.7 Å². The first kappa shape index (κ1) is 18.4. The van der Waals surface area contributed by atoms with Gasteiger partial charge in [-0.15, -0.1) is 0 Å². The van der Waals surface area contributed by atoms with Gasteiger partial charge in [0.25, 0.3) is 11.8 Å². The minimum Gasteiger partial charge on any atom is -0.487 e. The van der Waals surface area contributed by atoms with Crippen LogP contribution in [-0.2, 0) is 9.59 Å². The first-order chi connectivity index (χ1) is 12.9. The minimum absolute atomic E-state index is 0.0573. The standard InChI is InChI=1S/C18H14ClN3O5/c1-2-27-16-11(8-12(19)10-15(16)22(25)26)9-14-17(23)20-21(18(14)24)13-6-4-3-5-7-13/h3-10H,2H2,1H3,(H,20,23). The number of ether oxygens (including phenoxy) is 1. The highest BCUT2D eigenvalue weighted by Gasteiger charge is 2.35. The third kappa shape index (κ3) is 3.61. The lowest BCUT2D eigenvalue weighted by Crippen LogP contribution is -2.35. The number of para-hydroxylation sites is 1. The van der Waals surface area contributed by atoms with Crippen LogP contribution in [0.3, 0.4) is 0 Å². The Morgan fingerprint density at radius 3 is 2.59 bits per heavy atom. The summed E-state index contributed by atoms with van der Waals surface area (Å²) in [4.78, 5) is 35.6. The molecule has 0 aliphatic carbocycles. The summed E-state index contributed by atoms with van der Waals surface area (Å²) in [6.45, 7) is 1.83. The maximum atomic E-state index is 12.7. The molecule has 2 amide bonds. The van der Waals surface area contributed by atoms with Crippen molar-refractivity contribution in [3.63, 3.8) is 0 Å². The number of nitrogens with one attached hydrogen (secondary N) is 1. The van der Waals surface area contributed by atoms with E-state index in [-0.39, 0.29) is 34.2 Å². The van der Waals surface area contributed by atoms with Crippen LogP contribution >= 0.6 is 11.6 Å². The van der Waals surface area contributed by atoms with Crippen molar-refractivity contribution in [3.8, 4) is 5.75 Å². The zero-order chi connectivity index (χ0) is 19.6. The second-order valence-electron chi connectivity index (χ2n) is 5.51. The topological polar surface area (TPSA) is 102 Å². The van der Waals surface area contributed by atoms with Gasteiger partial charge in [-0.2, -0.15) is 0 Å². The molecule has 2 aromatic carbocycles. The number of hydrazine groups is 1. The van der Waals surface area contributed by atoms with E-state index in [1.165, 1.54) is 12.1 Å². The van der Waals surface area contributed by atoms with Crippen LogP contribution in [-0.4, -0.2) is 23.3 Å². The number of benzene rings is 2. The van der Waals surface area contributed by atoms with Gasteiger partial charge in [0.2, 0.25) is 5.75 Å². The number of nitro groups is 1. The van der Waals surface area contributed by atoms with Crippen LogP contribution in [0.1, 0.15) is 12.5 Å². The molecule has 9 heteroatoms. The SMILES string of the molecule is CCOc1c(C=C2C(=O)NN(c3ccccc3)C2=O)cc(Cl)cc1[N+](=O)[O-]. The third-order valence-corrected chi connectivity index (χ3v) is 3.97. The Bertz CT molecular complexity index is 959. The van der Waals surface area contributed by atoms with E-state index in [1.54, 1.807) is 37.3 Å². The smallest absolute Gasteiger partial charge is 0.313 e. The highest BCUT2D eigenvalue weighted by molar-refractivity contribution is 6.32. The van der Waals surface area contributed by atoms with Gasteiger partial charge in [0.05, 0.1) is 17.2 Å². The quantitative estimate of drug-likeness (QED) is 0.367. The van der Waals surface area contributed by atoms with E-state index >= 15 is 0 Å². The van der Waals surface area contributed by atoms with Crippen molar-refractivity contribution in [2.45, 2.75) is 6.92 Å². The highest BCUT2D eigenvalue weighted by Crippen LogP contribution is 2.36. The van der Waals surface area contributed by atoms with Crippen LogP contribution < -0.4 is 15.2 Å². The summed E-state index contributed by atoms with van der Waals surface area (Å²) >= 11 is 5.96. The minimum atomic E-state index is -0.633. The summed E-state index contributed by atoms with van der Waals surface area (Å²) in [6.07, 6.45) is 1.24. The van der Waals surface area contributed by atoms with Gasteiger partial charge >= 0.3 is 5.69 Å². The average molecular weight is 388 g/mol. The lowest BCUT2D eigenvalue weighted by atomic mass is 10.1. The van der Waals surface area contributed by atoms with Crippen LogP contribution in [0.5, 0.6) is 5.75 Å². The summed E-state index contributed by atoms with van der Waals surface area (Å²) in [5, 5.41) is 12.5. The highest BCUT2D eigenvalue weighted by atomic mass is 35.5. The predicted octanol–water partition coefficient (Wildman–Crippen LogP) is 3.11. The summed E-state index contributed by atoms with van der Waals surface area (Å²) in [5.41, 5.74) is 2.59. The van der Waals surface area contributed by atoms with E-state index in [0.29, 0.717) is 5.69 Å². The van der Waals surface area contributed by atoms with E-state index in [0.717, 1.165) is 11.1 Å². The van der Waals surface area contributed by atoms with Gasteiger partial charge < -0.3 is 4.74 Å². The lowest BCUT2D eigenvalue weighted by molar-refractivity contribution is -0.385. The number of halogens is 1. The van der Waals surface area contributed by atoms with Crippen LogP contribution in [0.15, 0.2) is 48.0 Å². The third-order valence-electron chi connectivity index (χ3n) is 3.75. The molecule has 0 radical (unpaired) electrons. The summed E-state index contributed by atoms with van der Waals surface area (Å²) in [6, 6.07) is 11.1. The van der Waals surface area contributed by atoms with E-state index in [4.69, 9.17) is 16.3 Å². The number of nitro benzene ring substituents is 1. The number of nitrogens with zero attached hydrogens (tertiary/aromatic N) is 2. The van der Waals surface area contributed by atoms with Gasteiger partial charge in [-0.3, -0.25) is 25.1 Å². The molecule has 8 nitrogen and oxygen atoms in total. The molecule has 1 fully saturated rings. The van der Waals surface area contributed by atoms with Gasteiger partial charge in [-0.1, -0.05) is 29.8 Å². The van der Waals surface area contributed by atoms with Gasteiger partial charge in [0.15, 0.2) is 0 Å². The Kier molecular flexibility index (Phi) is 5.09. The second-order valence-corrected chi connectivity index (χ2v) is 5.94. The van der Waals surface area contributed by atoms with E-state index in [2.05, 4.69) is 5.43 Å². The van der Waals surface area contributed by atoms with Gasteiger partial charge in [-0.25, -0.2) is 5.01 Å². The second kappa shape index (κ2) is 7.46. The molecule has 0 spiro atoms. The number of hydrogen-bond donors (Lipinski definition) is 1. The van der Waals surface area contributed by atoms with Crippen LogP contribution in [0, 0.1) is 10.1 Å². The molecule has 1 saturated heterocycles. The molecule has 1 N–H and O–H groups in total. The number of amides is 2. The van der Waals surface area contributed by atoms with Crippen molar-refractivity contribution >= 4 is 40.9 Å². The van der Waals surface area contributed by atoms with Gasteiger partial charge in [0, 0.05) is 16.7 Å². The molecular formula is C18H14ClN3O5. The number of carbonyl (C=O) groups excluding carboxylic acids is 2. The Balaban J connectivity index is 2.07. The van der Waals surface area contributed by atoms with E-state index in [1.807, 2.05) is 0 Å². The first-order valence-corrected chi connectivity index (χ1v) is 8.33. The monoisotopic (exact) mass is 387 g/mol. The number of anilines is 1. The molecule has 2 aromatic rings. The van der Waals surface area contributed by atoms with Gasteiger partial charge in [0.1, 0.15) is 5.57 Å². The number of hydrogen-bond acceptors (Lipinski definition) is 5. The number of carbonyl (C=O) groups is 2. The zero-order valence-corrected chi connectivity index (χ0v) is 14.9. The van der Waals surface area contributed by atoms with Crippen LogP contribution in [0.25, 0.3) is 6.08 Å². The molecule has 0 saturated carbocycles. The zero-order valence-electron chi connectivity index (χ0n) is 14.1. The summed E-state index contributed by atoms with van der Waals surface area (Å²) in [5.74, 6) is -1.27. The molecule has 27 heavy (non-hydrogen) atoms. The van der Waals surface area contributed by atoms with Crippen molar-refractivity contribution in [2.75, 3.05) is 11.6 Å². The molecule has 0 aromatic heterocycles. The molecular weight excluding hydrogens is 374 g/mol. The van der Waals surface area contributed by atoms with Crippen molar-refractivity contribution in [1.82, 2.24) is 5.43 Å². The van der Waals surface area contributed by atoms with Crippen LogP contribution in [0.2, 0.25) is 5.02 Å². The largest absolute Gasteiger partial charge is 0.487 e. The van der Waals surface area contributed by atoms with E-state index in [9.17, 15) is 19.7 Å². The average Bonchev–Trinajstić information content (AvgIpc) is 2.92. The Labute approximate surface area is 159 Å². The fourth-order valence-corrected chi connectivity index (χ4v) is 2.84. The molecule has 0 bridgehead atoms. The molecule has 0 atom stereocenters.